The van der Waals surface area contributed by atoms with Gasteiger partial charge in [0.1, 0.15) is 0 Å². The Morgan fingerprint density at radius 2 is 2.46 bits per heavy atom. The highest BCUT2D eigenvalue weighted by Gasteiger charge is 2.14. The monoisotopic (exact) mass is 263 g/mol. The van der Waals surface area contributed by atoms with Gasteiger partial charge in [-0.25, -0.2) is 9.78 Å². The Morgan fingerprint density at radius 1 is 1.77 bits per heavy atom. The molecule has 0 saturated carbocycles. The molecule has 0 N–H and O–H groups in total. The second-order valence-electron chi connectivity index (χ2n) is 2.18. The van der Waals surface area contributed by atoms with Crippen molar-refractivity contribution in [2.24, 2.45) is 0 Å². The smallest absolute Gasteiger partial charge is 0.358 e. The third-order valence-corrected chi connectivity index (χ3v) is 2.66. The first kappa shape index (κ1) is 10.5. The summed E-state index contributed by atoms with van der Waals surface area (Å²) in [6, 6.07) is 1.59. The highest BCUT2D eigenvalue weighted by molar-refractivity contribution is 9.10. The van der Waals surface area contributed by atoms with Gasteiger partial charge >= 0.3 is 5.97 Å². The van der Waals surface area contributed by atoms with E-state index in [1.54, 1.807) is 13.0 Å². The number of rotatable bonds is 2. The number of ether oxygens (including phenoxy) is 1. The summed E-state index contributed by atoms with van der Waals surface area (Å²) in [5.41, 5.74) is 0.203. The highest BCUT2D eigenvalue weighted by atomic mass is 79.9. The maximum absolute atomic E-state index is 11.2. The molecule has 13 heavy (non-hydrogen) atoms. The van der Waals surface area contributed by atoms with E-state index in [2.05, 4.69) is 20.9 Å². The minimum absolute atomic E-state index is 0.203. The maximum Gasteiger partial charge on any atom is 0.358 e. The number of carbonyl (C=O) groups is 1. The maximum atomic E-state index is 11.2. The van der Waals surface area contributed by atoms with Gasteiger partial charge in [-0.2, -0.15) is 0 Å². The molecule has 0 aliphatic heterocycles. The average molecular weight is 265 g/mol. The Hall–Kier alpha value is -0.610. The van der Waals surface area contributed by atoms with Gasteiger partial charge in [-0.3, -0.25) is 0 Å². The summed E-state index contributed by atoms with van der Waals surface area (Å²) in [5, 5.41) is 0.443. The quantitative estimate of drug-likeness (QED) is 0.771. The zero-order chi connectivity index (χ0) is 9.84. The van der Waals surface area contributed by atoms with E-state index in [0.717, 1.165) is 0 Å². The van der Waals surface area contributed by atoms with Crippen LogP contribution in [0, 0.1) is 0 Å². The van der Waals surface area contributed by atoms with Gasteiger partial charge in [-0.15, -0.1) is 0 Å². The lowest BCUT2D eigenvalue weighted by Gasteiger charge is -2.03. The average Bonchev–Trinajstić information content (AvgIpc) is 2.10. The van der Waals surface area contributed by atoms with Crippen molar-refractivity contribution >= 4 is 33.5 Å². The van der Waals surface area contributed by atoms with E-state index < -0.39 is 5.97 Å². The van der Waals surface area contributed by atoms with Crippen molar-refractivity contribution in [2.75, 3.05) is 6.61 Å². The second-order valence-corrected chi connectivity index (χ2v) is 3.38. The molecule has 0 aliphatic rings. The third kappa shape index (κ3) is 2.42. The first-order chi connectivity index (χ1) is 6.16. The summed E-state index contributed by atoms with van der Waals surface area (Å²) >= 11 is 8.92. The molecule has 0 aromatic carbocycles. The van der Waals surface area contributed by atoms with Crippen molar-refractivity contribution in [2.45, 2.75) is 6.92 Å². The van der Waals surface area contributed by atoms with E-state index in [1.807, 2.05) is 0 Å². The molecular weight excluding hydrogens is 257 g/mol. The fraction of sp³-hybridized carbons (Fsp3) is 0.250. The summed E-state index contributed by atoms with van der Waals surface area (Å²) in [5.74, 6) is -0.475. The van der Waals surface area contributed by atoms with Crippen molar-refractivity contribution in [3.8, 4) is 0 Å². The zero-order valence-corrected chi connectivity index (χ0v) is 9.22. The molecule has 3 nitrogen and oxygen atoms in total. The summed E-state index contributed by atoms with van der Waals surface area (Å²) < 4.78 is 5.24. The molecule has 5 heteroatoms. The summed E-state index contributed by atoms with van der Waals surface area (Å²) in [6.07, 6.45) is 1.46. The molecule has 0 spiro atoms. The largest absolute Gasteiger partial charge is 0.461 e. The van der Waals surface area contributed by atoms with Crippen molar-refractivity contribution in [3.05, 3.63) is 27.5 Å². The molecule has 0 fully saturated rings. The highest BCUT2D eigenvalue weighted by Crippen LogP contribution is 2.24. The van der Waals surface area contributed by atoms with Crippen LogP contribution in [0.3, 0.4) is 0 Å². The van der Waals surface area contributed by atoms with E-state index in [0.29, 0.717) is 16.1 Å². The van der Waals surface area contributed by atoms with Crippen LogP contribution in [-0.4, -0.2) is 17.6 Å². The molecule has 1 rings (SSSR count). The van der Waals surface area contributed by atoms with Gasteiger partial charge < -0.3 is 4.74 Å². The van der Waals surface area contributed by atoms with E-state index in [9.17, 15) is 4.79 Å². The molecule has 0 aliphatic carbocycles. The Balaban J connectivity index is 3.01. The van der Waals surface area contributed by atoms with Gasteiger partial charge in [0.05, 0.1) is 16.1 Å². The number of carbonyl (C=O) groups excluding carboxylic acids is 1. The number of hydrogen-bond acceptors (Lipinski definition) is 3. The normalized spacial score (nSPS) is 9.77. The van der Waals surface area contributed by atoms with E-state index >= 15 is 0 Å². The van der Waals surface area contributed by atoms with Crippen LogP contribution >= 0.6 is 27.5 Å². The van der Waals surface area contributed by atoms with Crippen LogP contribution in [0.15, 0.2) is 16.7 Å². The summed E-state index contributed by atoms with van der Waals surface area (Å²) in [6.45, 7) is 2.05. The minimum Gasteiger partial charge on any atom is -0.461 e. The predicted octanol–water partition coefficient (Wildman–Crippen LogP) is 2.67. The van der Waals surface area contributed by atoms with Gasteiger partial charge in [0.25, 0.3) is 0 Å². The lowest BCUT2D eigenvalue weighted by Crippen LogP contribution is -2.07. The SMILES string of the molecule is CCOC(=O)c1nccc(Cl)c1Br. The van der Waals surface area contributed by atoms with Crippen molar-refractivity contribution in [1.29, 1.82) is 0 Å². The summed E-state index contributed by atoms with van der Waals surface area (Å²) in [7, 11) is 0. The Morgan fingerprint density at radius 3 is 3.08 bits per heavy atom. The first-order valence-electron chi connectivity index (χ1n) is 3.64. The summed E-state index contributed by atoms with van der Waals surface area (Å²) in [4.78, 5) is 15.1. The number of esters is 1. The van der Waals surface area contributed by atoms with Gasteiger partial charge in [-0.1, -0.05) is 11.6 Å². The van der Waals surface area contributed by atoms with E-state index in [-0.39, 0.29) is 5.69 Å². The number of pyridine rings is 1. The van der Waals surface area contributed by atoms with Crippen LogP contribution in [-0.2, 0) is 4.74 Å². The molecule has 1 aromatic heterocycles. The molecule has 0 amide bonds. The van der Waals surface area contributed by atoms with Crippen molar-refractivity contribution < 1.29 is 9.53 Å². The van der Waals surface area contributed by atoms with Gasteiger partial charge in [-0.05, 0) is 28.9 Å². The standard InChI is InChI=1S/C8H7BrClNO2/c1-2-13-8(12)7-6(9)5(10)3-4-11-7/h3-4H,2H2,1H3. The van der Waals surface area contributed by atoms with Crippen LogP contribution in [0.5, 0.6) is 0 Å². The van der Waals surface area contributed by atoms with Crippen molar-refractivity contribution in [3.63, 3.8) is 0 Å². The minimum atomic E-state index is -0.475. The fourth-order valence-electron chi connectivity index (χ4n) is 0.762. The fourth-order valence-corrected chi connectivity index (χ4v) is 1.30. The van der Waals surface area contributed by atoms with E-state index in [1.165, 1.54) is 6.20 Å². The molecule has 0 saturated heterocycles. The molecule has 1 aromatic rings. The Kier molecular flexibility index (Phi) is 3.69. The molecule has 0 atom stereocenters. The molecule has 0 unspecified atom stereocenters. The first-order valence-corrected chi connectivity index (χ1v) is 4.81. The topological polar surface area (TPSA) is 39.2 Å². The van der Waals surface area contributed by atoms with Crippen LogP contribution in [0.2, 0.25) is 5.02 Å². The molecule has 1 heterocycles. The lowest BCUT2D eigenvalue weighted by atomic mass is 10.3. The second kappa shape index (κ2) is 4.58. The zero-order valence-electron chi connectivity index (χ0n) is 6.88. The van der Waals surface area contributed by atoms with Crippen molar-refractivity contribution in [1.82, 2.24) is 4.98 Å². The molecule has 0 bridgehead atoms. The van der Waals surface area contributed by atoms with Gasteiger partial charge in [0.15, 0.2) is 5.69 Å². The van der Waals surface area contributed by atoms with Crippen LogP contribution in [0.1, 0.15) is 17.4 Å². The van der Waals surface area contributed by atoms with Gasteiger partial charge in [0.2, 0.25) is 0 Å². The Labute approximate surface area is 89.2 Å². The van der Waals surface area contributed by atoms with Gasteiger partial charge in [0, 0.05) is 6.20 Å². The number of nitrogens with zero attached hydrogens (tertiary/aromatic N) is 1. The Bertz CT molecular complexity index is 330. The van der Waals surface area contributed by atoms with Crippen LogP contribution in [0.25, 0.3) is 0 Å². The lowest BCUT2D eigenvalue weighted by molar-refractivity contribution is 0.0518. The predicted molar refractivity (Wildman–Crippen MR) is 52.9 cm³/mol. The number of halogens is 2. The molecule has 0 radical (unpaired) electrons. The van der Waals surface area contributed by atoms with E-state index in [4.69, 9.17) is 16.3 Å². The number of aromatic nitrogens is 1. The van der Waals surface area contributed by atoms with Crippen LogP contribution < -0.4 is 0 Å². The number of hydrogen-bond donors (Lipinski definition) is 0. The molecular formula is C8H7BrClNO2. The third-order valence-electron chi connectivity index (χ3n) is 1.31. The molecule has 70 valence electrons. The van der Waals surface area contributed by atoms with Crippen LogP contribution in [0.4, 0.5) is 0 Å².